The maximum absolute atomic E-state index is 13.6. The Bertz CT molecular complexity index is 557. The van der Waals surface area contributed by atoms with E-state index in [0.29, 0.717) is 23.6 Å². The van der Waals surface area contributed by atoms with Gasteiger partial charge in [0.05, 0.1) is 5.69 Å². The number of thioether (sulfide) groups is 1. The number of hydrogen-bond acceptors (Lipinski definition) is 3. The van der Waals surface area contributed by atoms with Crippen molar-refractivity contribution in [3.63, 3.8) is 0 Å². The van der Waals surface area contributed by atoms with Gasteiger partial charge in [0.15, 0.2) is 0 Å². The largest absolute Gasteiger partial charge is 0.478 e. The number of rotatable bonds is 2. The molecule has 2 atom stereocenters. The van der Waals surface area contributed by atoms with Crippen molar-refractivity contribution in [1.82, 2.24) is 4.90 Å². The Morgan fingerprint density at radius 2 is 1.95 bits per heavy atom. The van der Waals surface area contributed by atoms with Crippen LogP contribution in [0.5, 0.6) is 0 Å². The van der Waals surface area contributed by atoms with Crippen molar-refractivity contribution < 1.29 is 19.1 Å². The number of anilines is 1. The molecule has 0 aliphatic carbocycles. The molecule has 2 N–H and O–H groups in total. The van der Waals surface area contributed by atoms with Crippen LogP contribution in [-0.4, -0.2) is 45.6 Å². The number of nitrogens with one attached hydrogen (secondary N) is 1. The zero-order valence-electron chi connectivity index (χ0n) is 11.8. The van der Waals surface area contributed by atoms with E-state index in [2.05, 4.69) is 5.32 Å². The lowest BCUT2D eigenvalue weighted by Crippen LogP contribution is -2.46. The van der Waals surface area contributed by atoms with E-state index >= 15 is 0 Å². The van der Waals surface area contributed by atoms with Crippen LogP contribution < -0.4 is 5.32 Å². The van der Waals surface area contributed by atoms with Gasteiger partial charge in [-0.1, -0.05) is 19.9 Å². The molecule has 1 saturated heterocycles. The van der Waals surface area contributed by atoms with Crippen molar-refractivity contribution >= 4 is 29.4 Å². The van der Waals surface area contributed by atoms with Crippen LogP contribution in [-0.2, 0) is 0 Å². The van der Waals surface area contributed by atoms with E-state index in [1.807, 2.05) is 13.8 Å². The third kappa shape index (κ3) is 3.66. The molecule has 1 aromatic carbocycles. The lowest BCUT2D eigenvalue weighted by molar-refractivity contribution is 0.0693. The SMILES string of the molecule is CC1CN(C(=O)Nc2cccc(F)c2C(=O)O)CC(C)S1. The number of amides is 2. The number of urea groups is 1. The summed E-state index contributed by atoms with van der Waals surface area (Å²) in [5, 5.41) is 12.2. The Labute approximate surface area is 126 Å². The summed E-state index contributed by atoms with van der Waals surface area (Å²) < 4.78 is 13.6. The summed E-state index contributed by atoms with van der Waals surface area (Å²) in [6.45, 7) is 5.23. The van der Waals surface area contributed by atoms with Gasteiger partial charge in [-0.15, -0.1) is 0 Å². The first-order valence-corrected chi connectivity index (χ1v) is 7.56. The molecule has 1 aliphatic rings. The van der Waals surface area contributed by atoms with Gasteiger partial charge >= 0.3 is 12.0 Å². The molecule has 21 heavy (non-hydrogen) atoms. The fourth-order valence-electron chi connectivity index (χ4n) is 2.38. The number of hydrogen-bond donors (Lipinski definition) is 2. The first kappa shape index (κ1) is 15.6. The summed E-state index contributed by atoms with van der Waals surface area (Å²) in [6.07, 6.45) is 0. The maximum atomic E-state index is 13.6. The van der Waals surface area contributed by atoms with Crippen molar-refractivity contribution in [3.05, 3.63) is 29.6 Å². The molecule has 0 saturated carbocycles. The normalized spacial score (nSPS) is 22.0. The van der Waals surface area contributed by atoms with Crippen LogP contribution in [0.4, 0.5) is 14.9 Å². The van der Waals surface area contributed by atoms with Crippen LogP contribution in [0.15, 0.2) is 18.2 Å². The van der Waals surface area contributed by atoms with E-state index in [0.717, 1.165) is 6.07 Å². The predicted octanol–water partition coefficient (Wildman–Crippen LogP) is 2.88. The summed E-state index contributed by atoms with van der Waals surface area (Å²) in [6, 6.07) is 3.41. The molecule has 7 heteroatoms. The van der Waals surface area contributed by atoms with Crippen LogP contribution in [0.25, 0.3) is 0 Å². The number of halogens is 1. The lowest BCUT2D eigenvalue weighted by Gasteiger charge is -2.34. The molecule has 1 aromatic rings. The van der Waals surface area contributed by atoms with E-state index in [-0.39, 0.29) is 5.69 Å². The summed E-state index contributed by atoms with van der Waals surface area (Å²) in [5.74, 6) is -2.27. The topological polar surface area (TPSA) is 69.6 Å². The highest BCUT2D eigenvalue weighted by Crippen LogP contribution is 2.26. The number of carboxylic acids is 1. The predicted molar refractivity (Wildman–Crippen MR) is 80.5 cm³/mol. The van der Waals surface area contributed by atoms with Crippen LogP contribution >= 0.6 is 11.8 Å². The van der Waals surface area contributed by atoms with Gasteiger partial charge in [-0.05, 0) is 12.1 Å². The highest BCUT2D eigenvalue weighted by atomic mass is 32.2. The van der Waals surface area contributed by atoms with Crippen molar-refractivity contribution in [2.75, 3.05) is 18.4 Å². The highest BCUT2D eigenvalue weighted by molar-refractivity contribution is 8.00. The molecule has 0 spiro atoms. The smallest absolute Gasteiger partial charge is 0.340 e. The van der Waals surface area contributed by atoms with E-state index in [1.54, 1.807) is 16.7 Å². The van der Waals surface area contributed by atoms with Crippen LogP contribution in [0.2, 0.25) is 0 Å². The van der Waals surface area contributed by atoms with E-state index in [1.165, 1.54) is 12.1 Å². The second-order valence-corrected chi connectivity index (χ2v) is 6.94. The summed E-state index contributed by atoms with van der Waals surface area (Å²) in [7, 11) is 0. The highest BCUT2D eigenvalue weighted by Gasteiger charge is 2.27. The average molecular weight is 312 g/mol. The Hall–Kier alpha value is -1.76. The molecule has 5 nitrogen and oxygen atoms in total. The second-order valence-electron chi connectivity index (χ2n) is 5.06. The third-order valence-electron chi connectivity index (χ3n) is 3.18. The molecular formula is C14H17FN2O3S. The zero-order valence-corrected chi connectivity index (χ0v) is 12.6. The van der Waals surface area contributed by atoms with Gasteiger partial charge in [-0.2, -0.15) is 11.8 Å². The minimum atomic E-state index is -1.40. The summed E-state index contributed by atoms with van der Waals surface area (Å²) in [5.41, 5.74) is -0.538. The minimum Gasteiger partial charge on any atom is -0.478 e. The molecule has 0 aromatic heterocycles. The molecule has 2 amide bonds. The minimum absolute atomic E-state index is 0.0222. The van der Waals surface area contributed by atoms with E-state index in [4.69, 9.17) is 5.11 Å². The number of carbonyl (C=O) groups is 2. The van der Waals surface area contributed by atoms with Gasteiger partial charge < -0.3 is 15.3 Å². The van der Waals surface area contributed by atoms with E-state index in [9.17, 15) is 14.0 Å². The van der Waals surface area contributed by atoms with Crippen LogP contribution in [0.1, 0.15) is 24.2 Å². The fraction of sp³-hybridized carbons (Fsp3) is 0.429. The first-order valence-electron chi connectivity index (χ1n) is 6.61. The third-order valence-corrected chi connectivity index (χ3v) is 4.40. The Balaban J connectivity index is 2.16. The maximum Gasteiger partial charge on any atom is 0.340 e. The van der Waals surface area contributed by atoms with Crippen molar-refractivity contribution in [2.45, 2.75) is 24.3 Å². The van der Waals surface area contributed by atoms with Gasteiger partial charge in [0.1, 0.15) is 11.4 Å². The number of carbonyl (C=O) groups excluding carboxylic acids is 1. The molecule has 0 radical (unpaired) electrons. The van der Waals surface area contributed by atoms with Gasteiger partial charge in [-0.3, -0.25) is 0 Å². The van der Waals surface area contributed by atoms with Gasteiger partial charge in [-0.25, -0.2) is 14.0 Å². The standard InChI is InChI=1S/C14H17FN2O3S/c1-8-6-17(7-9(2)21-8)14(20)16-11-5-3-4-10(15)12(11)13(18)19/h3-5,8-9H,6-7H2,1-2H3,(H,16,20)(H,18,19). The molecule has 1 fully saturated rings. The van der Waals surface area contributed by atoms with Crippen molar-refractivity contribution in [1.29, 1.82) is 0 Å². The van der Waals surface area contributed by atoms with Gasteiger partial charge in [0.2, 0.25) is 0 Å². The number of benzene rings is 1. The number of nitrogens with zero attached hydrogens (tertiary/aromatic N) is 1. The van der Waals surface area contributed by atoms with E-state index < -0.39 is 23.4 Å². The van der Waals surface area contributed by atoms with Gasteiger partial charge in [0, 0.05) is 23.6 Å². The monoisotopic (exact) mass is 312 g/mol. The molecule has 2 unspecified atom stereocenters. The zero-order chi connectivity index (χ0) is 15.6. The average Bonchev–Trinajstić information content (AvgIpc) is 2.37. The van der Waals surface area contributed by atoms with Crippen LogP contribution in [0.3, 0.4) is 0 Å². The number of aromatic carboxylic acids is 1. The Kier molecular flexibility index (Phi) is 4.72. The Morgan fingerprint density at radius 1 is 1.33 bits per heavy atom. The molecule has 1 aliphatic heterocycles. The summed E-state index contributed by atoms with van der Waals surface area (Å²) >= 11 is 1.80. The molecular weight excluding hydrogens is 295 g/mol. The molecule has 1 heterocycles. The molecule has 0 bridgehead atoms. The second kappa shape index (κ2) is 6.34. The quantitative estimate of drug-likeness (QED) is 0.881. The summed E-state index contributed by atoms with van der Waals surface area (Å²) in [4.78, 5) is 25.0. The fourth-order valence-corrected chi connectivity index (χ4v) is 3.71. The first-order chi connectivity index (χ1) is 9.88. The Morgan fingerprint density at radius 3 is 2.52 bits per heavy atom. The van der Waals surface area contributed by atoms with Crippen LogP contribution in [0, 0.1) is 5.82 Å². The van der Waals surface area contributed by atoms with Crippen molar-refractivity contribution in [2.24, 2.45) is 0 Å². The number of carboxylic acid groups (broad SMARTS) is 1. The van der Waals surface area contributed by atoms with Gasteiger partial charge in [0.25, 0.3) is 0 Å². The lowest BCUT2D eigenvalue weighted by atomic mass is 10.1. The van der Waals surface area contributed by atoms with Crippen molar-refractivity contribution in [3.8, 4) is 0 Å². The molecule has 2 rings (SSSR count). The molecule has 114 valence electrons.